The van der Waals surface area contributed by atoms with Gasteiger partial charge in [0.2, 0.25) is 5.91 Å². The number of Topliss-reactive ketones (excluding diaryl/α,β-unsaturated/α-hetero) is 5. The lowest BCUT2D eigenvalue weighted by atomic mass is 9.76. The maximum atomic E-state index is 11.7. The minimum Gasteiger partial charge on any atom is -0.354 e. The second-order valence-electron chi connectivity index (χ2n) is 26.8. The third kappa shape index (κ3) is 65.5. The minimum atomic E-state index is -0.137. The Labute approximate surface area is 457 Å². The average molecular weight is 1040 g/mol. The zero-order chi connectivity index (χ0) is 59.9. The van der Waals surface area contributed by atoms with Gasteiger partial charge in [0.1, 0.15) is 28.9 Å². The molecule has 0 radical (unpaired) electrons. The van der Waals surface area contributed by atoms with Gasteiger partial charge < -0.3 is 10.6 Å². The van der Waals surface area contributed by atoms with E-state index in [4.69, 9.17) is 0 Å². The van der Waals surface area contributed by atoms with Gasteiger partial charge in [-0.25, -0.2) is 0 Å². The highest BCUT2D eigenvalue weighted by Crippen LogP contribution is 2.29. The van der Waals surface area contributed by atoms with Gasteiger partial charge in [0.25, 0.3) is 0 Å². The molecule has 1 amide bonds. The van der Waals surface area contributed by atoms with Crippen LogP contribution in [0.2, 0.25) is 0 Å². The zero-order valence-corrected chi connectivity index (χ0v) is 55.1. The largest absolute Gasteiger partial charge is 0.354 e. The van der Waals surface area contributed by atoms with Crippen molar-refractivity contribution in [3.05, 3.63) is 0 Å². The van der Waals surface area contributed by atoms with Gasteiger partial charge in [0, 0.05) is 97.5 Å². The molecule has 9 heteroatoms. The second-order valence-corrected chi connectivity index (χ2v) is 26.8. The minimum absolute atomic E-state index is 0.0739. The van der Waals surface area contributed by atoms with E-state index in [2.05, 4.69) is 140 Å². The third-order valence-electron chi connectivity index (χ3n) is 10.8. The number of nitrogens with one attached hydrogen (secondary N) is 2. The maximum Gasteiger partial charge on any atom is 0.220 e. The highest BCUT2D eigenvalue weighted by Gasteiger charge is 2.30. The summed E-state index contributed by atoms with van der Waals surface area (Å²) < 4.78 is 0. The molecule has 0 aromatic heterocycles. The molecule has 438 valence electrons. The molecule has 9 nitrogen and oxygen atoms in total. The Kier molecular flexibility index (Phi) is 54.0. The number of carbonyl (C=O) groups excluding carboxylic acids is 6. The topological polar surface area (TPSA) is 139 Å². The third-order valence-corrected chi connectivity index (χ3v) is 10.8. The SMILES string of the molecule is CC(C)CC(=O)C(C)C.CC(C)CC(=O)C(C)C.CC(C)CC(=O)NC(C)C.CC(C)CC(C)(C)C(=O)C(C)C.CC(C)CCC(=O)C(C)C.CC(C)NC(C)(C)CC(=O)C(C)C.CN=C(CC(C)C)C(C)C. The van der Waals surface area contributed by atoms with Gasteiger partial charge in [-0.3, -0.25) is 33.8 Å². The van der Waals surface area contributed by atoms with Crippen molar-refractivity contribution in [1.82, 2.24) is 10.6 Å². The van der Waals surface area contributed by atoms with Crippen molar-refractivity contribution in [3.8, 4) is 0 Å². The molecular weight excluding hydrogens is 907 g/mol. The summed E-state index contributed by atoms with van der Waals surface area (Å²) >= 11 is 0. The number of carbonyl (C=O) groups is 6. The molecule has 0 fully saturated rings. The average Bonchev–Trinajstić information content (AvgIpc) is 3.17. The van der Waals surface area contributed by atoms with Gasteiger partial charge in [-0.1, -0.05) is 194 Å². The first-order valence-electron chi connectivity index (χ1n) is 28.9. The number of aliphatic imine (C=N–C) groups is 1. The molecule has 0 unspecified atom stereocenters. The van der Waals surface area contributed by atoms with E-state index in [1.54, 1.807) is 0 Å². The first-order valence-corrected chi connectivity index (χ1v) is 28.9. The van der Waals surface area contributed by atoms with Crippen molar-refractivity contribution in [2.24, 2.45) is 81.4 Å². The molecule has 0 aliphatic carbocycles. The fourth-order valence-electron chi connectivity index (χ4n) is 7.13. The Morgan fingerprint density at radius 3 is 0.959 bits per heavy atom. The summed E-state index contributed by atoms with van der Waals surface area (Å²) in [5, 5.41) is 6.22. The lowest BCUT2D eigenvalue weighted by Gasteiger charge is -2.28. The van der Waals surface area contributed by atoms with E-state index in [9.17, 15) is 28.8 Å². The summed E-state index contributed by atoms with van der Waals surface area (Å²) in [7, 11) is 1.89. The summed E-state index contributed by atoms with van der Waals surface area (Å²) in [6, 6.07) is 0.696. The van der Waals surface area contributed by atoms with E-state index in [1.165, 1.54) is 5.71 Å². The number of rotatable bonds is 25. The number of hydrogen-bond acceptors (Lipinski definition) is 8. The van der Waals surface area contributed by atoms with Crippen LogP contribution >= 0.6 is 0 Å². The molecule has 73 heavy (non-hydrogen) atoms. The highest BCUT2D eigenvalue weighted by molar-refractivity contribution is 5.86. The number of ketones is 5. The smallest absolute Gasteiger partial charge is 0.220 e. The van der Waals surface area contributed by atoms with Crippen molar-refractivity contribution in [3.63, 3.8) is 0 Å². The Bertz CT molecular complexity index is 1400. The van der Waals surface area contributed by atoms with Crippen LogP contribution in [-0.2, 0) is 28.8 Å². The van der Waals surface area contributed by atoms with Crippen molar-refractivity contribution >= 4 is 40.5 Å². The molecule has 0 atom stereocenters. The Morgan fingerprint density at radius 2 is 0.753 bits per heavy atom. The number of hydrogen-bond donors (Lipinski definition) is 2. The van der Waals surface area contributed by atoms with Crippen molar-refractivity contribution < 1.29 is 28.8 Å². The highest BCUT2D eigenvalue weighted by atomic mass is 16.2. The number of amides is 1. The molecule has 0 spiro atoms. The van der Waals surface area contributed by atoms with Crippen LogP contribution in [0.1, 0.15) is 273 Å². The molecule has 0 heterocycles. The summed E-state index contributed by atoms with van der Waals surface area (Å²) in [6.07, 6.45) is 6.65. The van der Waals surface area contributed by atoms with Crippen LogP contribution in [0.4, 0.5) is 0 Å². The van der Waals surface area contributed by atoms with Gasteiger partial charge in [-0.05, 0) is 88.4 Å². The summed E-state index contributed by atoms with van der Waals surface area (Å²) in [4.78, 5) is 71.4. The molecule has 0 saturated carbocycles. The van der Waals surface area contributed by atoms with Gasteiger partial charge in [-0.15, -0.1) is 0 Å². The molecular formula is C64H131N3O6. The van der Waals surface area contributed by atoms with Crippen LogP contribution in [0.15, 0.2) is 4.99 Å². The second kappa shape index (κ2) is 46.7. The van der Waals surface area contributed by atoms with E-state index in [0.717, 1.165) is 44.4 Å². The van der Waals surface area contributed by atoms with Crippen LogP contribution in [0.3, 0.4) is 0 Å². The summed E-state index contributed by atoms with van der Waals surface area (Å²) in [5.41, 5.74) is 1.13. The van der Waals surface area contributed by atoms with E-state index in [1.807, 2.05) is 104 Å². The molecule has 0 rings (SSSR count). The zero-order valence-electron chi connectivity index (χ0n) is 55.1. The van der Waals surface area contributed by atoms with Gasteiger partial charge in [-0.2, -0.15) is 0 Å². The molecule has 0 saturated heterocycles. The van der Waals surface area contributed by atoms with E-state index in [0.29, 0.717) is 83.3 Å². The molecule has 0 aliphatic heterocycles. The summed E-state index contributed by atoms with van der Waals surface area (Å²) in [6.45, 7) is 65.8. The van der Waals surface area contributed by atoms with Crippen LogP contribution in [0, 0.1) is 76.4 Å². The fraction of sp³-hybridized carbons (Fsp3) is 0.891. The lowest BCUT2D eigenvalue weighted by Crippen LogP contribution is -2.45. The predicted molar refractivity (Wildman–Crippen MR) is 323 cm³/mol. The number of nitrogens with zero attached hydrogens (tertiary/aromatic N) is 1. The Balaban J connectivity index is -0.000000140. The lowest BCUT2D eigenvalue weighted by molar-refractivity contribution is -0.131. The molecule has 0 aromatic rings. The summed E-state index contributed by atoms with van der Waals surface area (Å²) in [5.74, 6) is 7.09. The van der Waals surface area contributed by atoms with Crippen molar-refractivity contribution in [2.75, 3.05) is 7.05 Å². The van der Waals surface area contributed by atoms with E-state index < -0.39 is 0 Å². The molecule has 0 bridgehead atoms. The Hall–Kier alpha value is -2.55. The van der Waals surface area contributed by atoms with Crippen molar-refractivity contribution in [2.45, 2.75) is 291 Å². The van der Waals surface area contributed by atoms with Crippen LogP contribution in [0.25, 0.3) is 0 Å². The predicted octanol–water partition coefficient (Wildman–Crippen LogP) is 17.1. The standard InChI is InChI=1S/C11H23NO.C11H22O.C9H19N.C9H18O.C8H17NO.2C8H16O/c1-8(2)10(13)7-11(5,6)12-9(3)4;1-8(2)7-11(5,6)10(12)9(3)4;1-7(2)6-9(10-5)8(3)4;1-7(2)5-6-9(10)8(3)4;1-6(2)5-8(10)9-7(3)4;2*1-6(2)5-8(9)7(3)4/h8-9,12H,7H2,1-6H3;8-9H,7H2,1-6H3;7-8H,6H2,1-5H3;7-8H,5-6H2,1-4H3;6-7H,5H2,1-4H3,(H,9,10);2*6-7H,5H2,1-4H3. The molecule has 0 aromatic carbocycles. The van der Waals surface area contributed by atoms with Crippen LogP contribution < -0.4 is 10.6 Å². The molecule has 2 N–H and O–H groups in total. The monoisotopic (exact) mass is 1040 g/mol. The fourth-order valence-corrected chi connectivity index (χ4v) is 7.13. The van der Waals surface area contributed by atoms with Crippen molar-refractivity contribution in [1.29, 1.82) is 0 Å². The van der Waals surface area contributed by atoms with Crippen LogP contribution in [-0.4, -0.2) is 65.2 Å². The van der Waals surface area contributed by atoms with Gasteiger partial charge in [0.15, 0.2) is 0 Å². The quantitative estimate of drug-likeness (QED) is 0.0868. The first-order chi connectivity index (χ1) is 32.7. The van der Waals surface area contributed by atoms with Gasteiger partial charge in [0.05, 0.1) is 0 Å². The Morgan fingerprint density at radius 1 is 0.397 bits per heavy atom. The van der Waals surface area contributed by atoms with E-state index in [-0.39, 0.29) is 52.5 Å². The first kappa shape index (κ1) is 84.4. The normalized spacial score (nSPS) is 11.8. The van der Waals surface area contributed by atoms with E-state index >= 15 is 0 Å². The maximum absolute atomic E-state index is 11.7. The molecule has 0 aliphatic rings. The van der Waals surface area contributed by atoms with Crippen LogP contribution in [0.5, 0.6) is 0 Å². The van der Waals surface area contributed by atoms with Gasteiger partial charge >= 0.3 is 0 Å².